The van der Waals surface area contributed by atoms with E-state index in [-0.39, 0.29) is 19.0 Å². The number of ether oxygens (including phenoxy) is 2. The molecular formula is C17H21Cl2NO3. The van der Waals surface area contributed by atoms with E-state index in [9.17, 15) is 0 Å². The molecule has 0 aliphatic heterocycles. The molecule has 0 saturated heterocycles. The highest BCUT2D eigenvalue weighted by Crippen LogP contribution is 2.32. The summed E-state index contributed by atoms with van der Waals surface area (Å²) in [6, 6.07) is 13.3. The normalized spacial score (nSPS) is 10.0. The highest BCUT2D eigenvalue weighted by Gasteiger charge is 2.11. The fourth-order valence-electron chi connectivity index (χ4n) is 2.09. The second kappa shape index (κ2) is 10.3. The van der Waals surface area contributed by atoms with E-state index >= 15 is 0 Å². The molecule has 2 rings (SSSR count). The number of aliphatic hydroxyl groups excluding tert-OH is 1. The lowest BCUT2D eigenvalue weighted by molar-refractivity contribution is 0.277. The van der Waals surface area contributed by atoms with Crippen molar-refractivity contribution in [2.24, 2.45) is 0 Å². The minimum Gasteiger partial charge on any atom is -0.493 e. The van der Waals surface area contributed by atoms with Gasteiger partial charge in [-0.15, -0.1) is 12.4 Å². The number of nitrogens with one attached hydrogen (secondary N) is 1. The third-order valence-electron chi connectivity index (χ3n) is 3.21. The van der Waals surface area contributed by atoms with E-state index < -0.39 is 0 Å². The van der Waals surface area contributed by atoms with E-state index in [0.717, 1.165) is 11.1 Å². The SMILES string of the molecule is COc1cccc(CNCCO)c1OCc1ccccc1Cl.Cl. The summed E-state index contributed by atoms with van der Waals surface area (Å²) in [7, 11) is 1.61. The molecule has 0 aliphatic carbocycles. The fourth-order valence-corrected chi connectivity index (χ4v) is 2.28. The summed E-state index contributed by atoms with van der Waals surface area (Å²) in [5.41, 5.74) is 1.89. The zero-order chi connectivity index (χ0) is 15.8. The Morgan fingerprint density at radius 2 is 1.83 bits per heavy atom. The van der Waals surface area contributed by atoms with E-state index in [1.54, 1.807) is 7.11 Å². The van der Waals surface area contributed by atoms with Crippen LogP contribution in [0.25, 0.3) is 0 Å². The van der Waals surface area contributed by atoms with Gasteiger partial charge < -0.3 is 19.9 Å². The van der Waals surface area contributed by atoms with Crippen molar-refractivity contribution in [1.29, 1.82) is 0 Å². The van der Waals surface area contributed by atoms with Gasteiger partial charge in [0.1, 0.15) is 6.61 Å². The molecule has 6 heteroatoms. The lowest BCUT2D eigenvalue weighted by Crippen LogP contribution is -2.18. The first-order chi connectivity index (χ1) is 10.8. The first-order valence-corrected chi connectivity index (χ1v) is 7.47. The molecule has 0 saturated carbocycles. The summed E-state index contributed by atoms with van der Waals surface area (Å²) in [4.78, 5) is 0. The summed E-state index contributed by atoms with van der Waals surface area (Å²) in [5.74, 6) is 1.37. The standard InChI is InChI=1S/C17H20ClNO3.ClH/c1-21-16-8-4-6-13(11-19-9-10-20)17(16)22-12-14-5-2-3-7-15(14)18;/h2-8,19-20H,9-12H2,1H3;1H. The lowest BCUT2D eigenvalue weighted by Gasteiger charge is -2.16. The number of para-hydroxylation sites is 1. The average molecular weight is 358 g/mol. The average Bonchev–Trinajstić information content (AvgIpc) is 2.55. The third kappa shape index (κ3) is 5.59. The zero-order valence-corrected chi connectivity index (χ0v) is 14.5. The van der Waals surface area contributed by atoms with Gasteiger partial charge in [-0.05, 0) is 12.1 Å². The van der Waals surface area contributed by atoms with Gasteiger partial charge in [0.05, 0.1) is 13.7 Å². The van der Waals surface area contributed by atoms with E-state index in [2.05, 4.69) is 5.32 Å². The van der Waals surface area contributed by atoms with Crippen molar-refractivity contribution in [3.63, 3.8) is 0 Å². The molecular weight excluding hydrogens is 337 g/mol. The van der Waals surface area contributed by atoms with Crippen LogP contribution in [-0.4, -0.2) is 25.4 Å². The molecule has 2 aromatic rings. The Balaban J connectivity index is 0.00000264. The smallest absolute Gasteiger partial charge is 0.166 e. The Bertz CT molecular complexity index is 608. The summed E-state index contributed by atoms with van der Waals surface area (Å²) in [6.07, 6.45) is 0. The Kier molecular flexibility index (Phi) is 8.81. The van der Waals surface area contributed by atoms with Gasteiger partial charge in [0.25, 0.3) is 0 Å². The zero-order valence-electron chi connectivity index (χ0n) is 12.9. The molecule has 0 aliphatic rings. The van der Waals surface area contributed by atoms with Crippen LogP contribution in [0, 0.1) is 0 Å². The molecule has 2 N–H and O–H groups in total. The quantitative estimate of drug-likeness (QED) is 0.710. The van der Waals surface area contributed by atoms with E-state index in [0.29, 0.717) is 36.2 Å². The van der Waals surface area contributed by atoms with Gasteiger partial charge in [-0.3, -0.25) is 0 Å². The van der Waals surface area contributed by atoms with Crippen molar-refractivity contribution in [2.45, 2.75) is 13.2 Å². The number of methoxy groups -OCH3 is 1. The van der Waals surface area contributed by atoms with Gasteiger partial charge in [0.2, 0.25) is 0 Å². The molecule has 0 amide bonds. The van der Waals surface area contributed by atoms with Crippen LogP contribution >= 0.6 is 24.0 Å². The van der Waals surface area contributed by atoms with E-state index in [1.807, 2.05) is 42.5 Å². The molecule has 23 heavy (non-hydrogen) atoms. The first-order valence-electron chi connectivity index (χ1n) is 7.10. The van der Waals surface area contributed by atoms with Crippen LogP contribution < -0.4 is 14.8 Å². The summed E-state index contributed by atoms with van der Waals surface area (Å²) >= 11 is 6.15. The van der Waals surface area contributed by atoms with Crippen LogP contribution in [0.15, 0.2) is 42.5 Å². The predicted octanol–water partition coefficient (Wildman–Crippen LogP) is 3.43. The molecule has 0 atom stereocenters. The summed E-state index contributed by atoms with van der Waals surface area (Å²) < 4.78 is 11.3. The number of rotatable bonds is 8. The van der Waals surface area contributed by atoms with Crippen LogP contribution in [0.3, 0.4) is 0 Å². The predicted molar refractivity (Wildman–Crippen MR) is 94.8 cm³/mol. The van der Waals surface area contributed by atoms with Crippen LogP contribution in [0.2, 0.25) is 5.02 Å². The Morgan fingerprint density at radius 1 is 1.09 bits per heavy atom. The number of hydrogen-bond donors (Lipinski definition) is 2. The highest BCUT2D eigenvalue weighted by molar-refractivity contribution is 6.31. The molecule has 126 valence electrons. The second-order valence-electron chi connectivity index (χ2n) is 4.73. The topological polar surface area (TPSA) is 50.7 Å². The van der Waals surface area contributed by atoms with Gasteiger partial charge in [-0.25, -0.2) is 0 Å². The Labute approximate surface area is 147 Å². The monoisotopic (exact) mass is 357 g/mol. The van der Waals surface area contributed by atoms with E-state index in [1.165, 1.54) is 0 Å². The van der Waals surface area contributed by atoms with Crippen LogP contribution in [0.5, 0.6) is 11.5 Å². The Hall–Kier alpha value is -1.46. The van der Waals surface area contributed by atoms with Gasteiger partial charge in [0.15, 0.2) is 11.5 Å². The maximum atomic E-state index is 8.86. The summed E-state index contributed by atoms with van der Waals surface area (Å²) in [5, 5.41) is 12.7. The van der Waals surface area contributed by atoms with Crippen molar-refractivity contribution >= 4 is 24.0 Å². The third-order valence-corrected chi connectivity index (χ3v) is 3.58. The molecule has 0 radical (unpaired) electrons. The largest absolute Gasteiger partial charge is 0.493 e. The number of benzene rings is 2. The molecule has 0 heterocycles. The second-order valence-corrected chi connectivity index (χ2v) is 5.14. The van der Waals surface area contributed by atoms with Crippen molar-refractivity contribution in [1.82, 2.24) is 5.32 Å². The fraction of sp³-hybridized carbons (Fsp3) is 0.294. The van der Waals surface area contributed by atoms with Gasteiger partial charge in [-0.1, -0.05) is 41.9 Å². The van der Waals surface area contributed by atoms with Gasteiger partial charge in [-0.2, -0.15) is 0 Å². The van der Waals surface area contributed by atoms with Gasteiger partial charge in [0, 0.05) is 29.2 Å². The number of aliphatic hydroxyl groups is 1. The van der Waals surface area contributed by atoms with Crippen molar-refractivity contribution in [2.75, 3.05) is 20.3 Å². The van der Waals surface area contributed by atoms with Crippen molar-refractivity contribution in [3.8, 4) is 11.5 Å². The number of hydrogen-bond acceptors (Lipinski definition) is 4. The highest BCUT2D eigenvalue weighted by atomic mass is 35.5. The van der Waals surface area contributed by atoms with Gasteiger partial charge >= 0.3 is 0 Å². The van der Waals surface area contributed by atoms with E-state index in [4.69, 9.17) is 26.2 Å². The van der Waals surface area contributed by atoms with Crippen molar-refractivity contribution in [3.05, 3.63) is 58.6 Å². The number of halogens is 2. The maximum absolute atomic E-state index is 8.86. The van der Waals surface area contributed by atoms with Crippen LogP contribution in [0.1, 0.15) is 11.1 Å². The molecule has 0 spiro atoms. The van der Waals surface area contributed by atoms with Crippen LogP contribution in [0.4, 0.5) is 0 Å². The lowest BCUT2D eigenvalue weighted by atomic mass is 10.1. The molecule has 2 aromatic carbocycles. The molecule has 0 bridgehead atoms. The molecule has 0 unspecified atom stereocenters. The minimum absolute atomic E-state index is 0. The minimum atomic E-state index is 0. The summed E-state index contributed by atoms with van der Waals surface area (Å²) in [6.45, 7) is 1.59. The van der Waals surface area contributed by atoms with Crippen LogP contribution in [-0.2, 0) is 13.2 Å². The molecule has 0 aromatic heterocycles. The first kappa shape index (κ1) is 19.6. The molecule has 4 nitrogen and oxygen atoms in total. The molecule has 0 fully saturated rings. The van der Waals surface area contributed by atoms with Crippen molar-refractivity contribution < 1.29 is 14.6 Å². The maximum Gasteiger partial charge on any atom is 0.166 e. The Morgan fingerprint density at radius 3 is 2.52 bits per heavy atom.